The molecular formula is C14H16ClN3O. The molecule has 1 heterocycles. The Morgan fingerprint density at radius 1 is 1.32 bits per heavy atom. The van der Waals surface area contributed by atoms with E-state index in [0.717, 1.165) is 24.1 Å². The van der Waals surface area contributed by atoms with E-state index < -0.39 is 0 Å². The molecule has 0 atom stereocenters. The first-order valence-electron chi connectivity index (χ1n) is 6.54. The summed E-state index contributed by atoms with van der Waals surface area (Å²) in [7, 11) is 0. The van der Waals surface area contributed by atoms with Crippen LogP contribution in [0.25, 0.3) is 11.5 Å². The molecule has 3 rings (SSSR count). The molecule has 1 aromatic heterocycles. The first-order chi connectivity index (χ1) is 9.20. The molecule has 100 valence electrons. The van der Waals surface area contributed by atoms with Crippen LogP contribution in [0.1, 0.15) is 24.3 Å². The van der Waals surface area contributed by atoms with E-state index in [9.17, 15) is 0 Å². The number of hydrogen-bond acceptors (Lipinski definition) is 4. The van der Waals surface area contributed by atoms with Crippen molar-refractivity contribution >= 4 is 11.6 Å². The van der Waals surface area contributed by atoms with E-state index in [4.69, 9.17) is 16.0 Å². The Kier molecular flexibility index (Phi) is 3.53. The third-order valence-electron chi connectivity index (χ3n) is 3.11. The highest BCUT2D eigenvalue weighted by Crippen LogP contribution is 2.24. The summed E-state index contributed by atoms with van der Waals surface area (Å²) in [6.07, 6.45) is 3.34. The molecule has 1 fully saturated rings. The van der Waals surface area contributed by atoms with E-state index in [-0.39, 0.29) is 0 Å². The molecule has 1 aliphatic carbocycles. The quantitative estimate of drug-likeness (QED) is 0.913. The molecule has 0 bridgehead atoms. The molecule has 19 heavy (non-hydrogen) atoms. The molecule has 0 aliphatic heterocycles. The Morgan fingerprint density at radius 2 is 2.16 bits per heavy atom. The number of aryl methyl sites for hydroxylation is 1. The second-order valence-corrected chi connectivity index (χ2v) is 5.43. The van der Waals surface area contributed by atoms with Gasteiger partial charge in [0.15, 0.2) is 0 Å². The van der Waals surface area contributed by atoms with Crippen molar-refractivity contribution in [2.45, 2.75) is 32.2 Å². The van der Waals surface area contributed by atoms with Gasteiger partial charge in [0.2, 0.25) is 11.8 Å². The van der Waals surface area contributed by atoms with Gasteiger partial charge in [0.1, 0.15) is 0 Å². The third-order valence-corrected chi connectivity index (χ3v) is 3.32. The number of halogens is 1. The van der Waals surface area contributed by atoms with Crippen LogP contribution in [0.3, 0.4) is 0 Å². The lowest BCUT2D eigenvalue weighted by atomic mass is 10.1. The van der Waals surface area contributed by atoms with Crippen molar-refractivity contribution in [2.75, 3.05) is 6.54 Å². The van der Waals surface area contributed by atoms with Crippen molar-refractivity contribution in [1.29, 1.82) is 0 Å². The number of nitrogens with one attached hydrogen (secondary N) is 1. The van der Waals surface area contributed by atoms with E-state index in [1.54, 1.807) is 0 Å². The lowest BCUT2D eigenvalue weighted by Gasteiger charge is -1.99. The largest absolute Gasteiger partial charge is 0.421 e. The SMILES string of the molecule is Cc1cc(Cl)cc(-c2nnc(CCNC3CC3)o2)c1. The molecular weight excluding hydrogens is 262 g/mol. The van der Waals surface area contributed by atoms with Crippen LogP contribution in [0.15, 0.2) is 22.6 Å². The molecule has 1 aromatic carbocycles. The number of hydrogen-bond donors (Lipinski definition) is 1. The molecule has 5 heteroatoms. The van der Waals surface area contributed by atoms with Gasteiger partial charge in [0.25, 0.3) is 0 Å². The Morgan fingerprint density at radius 3 is 2.89 bits per heavy atom. The summed E-state index contributed by atoms with van der Waals surface area (Å²) in [6.45, 7) is 2.88. The summed E-state index contributed by atoms with van der Waals surface area (Å²) in [5.41, 5.74) is 1.96. The maximum absolute atomic E-state index is 6.03. The lowest BCUT2D eigenvalue weighted by molar-refractivity contribution is 0.494. The summed E-state index contributed by atoms with van der Waals surface area (Å²) in [6, 6.07) is 6.44. The molecule has 0 unspecified atom stereocenters. The van der Waals surface area contributed by atoms with Crippen LogP contribution in [0.2, 0.25) is 5.02 Å². The molecule has 0 radical (unpaired) electrons. The van der Waals surface area contributed by atoms with E-state index in [1.807, 2.05) is 25.1 Å². The monoisotopic (exact) mass is 277 g/mol. The average Bonchev–Trinajstić information content (AvgIpc) is 3.04. The molecule has 1 N–H and O–H groups in total. The highest BCUT2D eigenvalue weighted by atomic mass is 35.5. The van der Waals surface area contributed by atoms with Crippen LogP contribution >= 0.6 is 11.6 Å². The summed E-state index contributed by atoms with van der Waals surface area (Å²) in [4.78, 5) is 0. The molecule has 0 spiro atoms. The van der Waals surface area contributed by atoms with Crippen LogP contribution in [0.4, 0.5) is 0 Å². The zero-order valence-corrected chi connectivity index (χ0v) is 11.6. The van der Waals surface area contributed by atoms with E-state index in [2.05, 4.69) is 15.5 Å². The van der Waals surface area contributed by atoms with Gasteiger partial charge in [-0.1, -0.05) is 11.6 Å². The predicted octanol–water partition coefficient (Wildman–Crippen LogP) is 2.99. The molecule has 2 aromatic rings. The number of nitrogens with zero attached hydrogens (tertiary/aromatic N) is 2. The van der Waals surface area contributed by atoms with Crippen LogP contribution in [-0.4, -0.2) is 22.8 Å². The lowest BCUT2D eigenvalue weighted by Crippen LogP contribution is -2.19. The van der Waals surface area contributed by atoms with Crippen molar-refractivity contribution in [1.82, 2.24) is 15.5 Å². The van der Waals surface area contributed by atoms with Crippen molar-refractivity contribution in [3.8, 4) is 11.5 Å². The molecule has 0 saturated heterocycles. The first-order valence-corrected chi connectivity index (χ1v) is 6.92. The second kappa shape index (κ2) is 5.31. The Labute approximate surface area is 117 Å². The van der Waals surface area contributed by atoms with Gasteiger partial charge in [-0.05, 0) is 43.5 Å². The van der Waals surface area contributed by atoms with Crippen LogP contribution in [0, 0.1) is 6.92 Å². The number of benzene rings is 1. The van der Waals surface area contributed by atoms with Gasteiger partial charge in [-0.3, -0.25) is 0 Å². The standard InChI is InChI=1S/C14H16ClN3O/c1-9-6-10(8-11(15)7-9)14-18-17-13(19-14)4-5-16-12-2-3-12/h6-8,12,16H,2-5H2,1H3. The average molecular weight is 278 g/mol. The van der Waals surface area contributed by atoms with Crippen molar-refractivity contribution in [2.24, 2.45) is 0 Å². The fraction of sp³-hybridized carbons (Fsp3) is 0.429. The van der Waals surface area contributed by atoms with Gasteiger partial charge in [0, 0.05) is 29.6 Å². The summed E-state index contributed by atoms with van der Waals surface area (Å²) >= 11 is 6.03. The summed E-state index contributed by atoms with van der Waals surface area (Å²) < 4.78 is 5.66. The number of rotatable bonds is 5. The molecule has 1 saturated carbocycles. The van der Waals surface area contributed by atoms with Gasteiger partial charge in [0.05, 0.1) is 0 Å². The Hall–Kier alpha value is -1.39. The second-order valence-electron chi connectivity index (χ2n) is 5.00. The Balaban J connectivity index is 1.68. The minimum atomic E-state index is 0.534. The molecule has 1 aliphatic rings. The molecule has 4 nitrogen and oxygen atoms in total. The minimum absolute atomic E-state index is 0.534. The van der Waals surface area contributed by atoms with E-state index >= 15 is 0 Å². The summed E-state index contributed by atoms with van der Waals surface area (Å²) in [5, 5.41) is 12.3. The number of aromatic nitrogens is 2. The van der Waals surface area contributed by atoms with Crippen molar-refractivity contribution < 1.29 is 4.42 Å². The highest BCUT2D eigenvalue weighted by Gasteiger charge is 2.20. The van der Waals surface area contributed by atoms with E-state index in [0.29, 0.717) is 22.8 Å². The van der Waals surface area contributed by atoms with Crippen LogP contribution in [-0.2, 0) is 6.42 Å². The maximum Gasteiger partial charge on any atom is 0.247 e. The molecule has 0 amide bonds. The minimum Gasteiger partial charge on any atom is -0.421 e. The fourth-order valence-electron chi connectivity index (χ4n) is 2.00. The zero-order chi connectivity index (χ0) is 13.2. The van der Waals surface area contributed by atoms with Gasteiger partial charge < -0.3 is 9.73 Å². The van der Waals surface area contributed by atoms with Gasteiger partial charge >= 0.3 is 0 Å². The van der Waals surface area contributed by atoms with Crippen molar-refractivity contribution in [3.05, 3.63) is 34.7 Å². The van der Waals surface area contributed by atoms with Crippen LogP contribution in [0.5, 0.6) is 0 Å². The van der Waals surface area contributed by atoms with Crippen molar-refractivity contribution in [3.63, 3.8) is 0 Å². The van der Waals surface area contributed by atoms with Gasteiger partial charge in [-0.25, -0.2) is 0 Å². The summed E-state index contributed by atoms with van der Waals surface area (Å²) in [5.74, 6) is 1.20. The Bertz CT molecular complexity index is 558. The topological polar surface area (TPSA) is 51.0 Å². The third kappa shape index (κ3) is 3.33. The highest BCUT2D eigenvalue weighted by molar-refractivity contribution is 6.30. The smallest absolute Gasteiger partial charge is 0.247 e. The zero-order valence-electron chi connectivity index (χ0n) is 10.8. The first kappa shape index (κ1) is 12.6. The maximum atomic E-state index is 6.03. The fourth-order valence-corrected chi connectivity index (χ4v) is 2.29. The predicted molar refractivity (Wildman–Crippen MR) is 74.2 cm³/mol. The van der Waals surface area contributed by atoms with E-state index in [1.165, 1.54) is 12.8 Å². The van der Waals surface area contributed by atoms with Crippen LogP contribution < -0.4 is 5.32 Å². The van der Waals surface area contributed by atoms with Gasteiger partial charge in [-0.2, -0.15) is 0 Å². The van der Waals surface area contributed by atoms with Gasteiger partial charge in [-0.15, -0.1) is 10.2 Å². The normalized spacial score (nSPS) is 14.8.